The third kappa shape index (κ3) is 2.81. The number of benzene rings is 1. The maximum atomic E-state index is 10.8. The number of aldehydes is 1. The van der Waals surface area contributed by atoms with Gasteiger partial charge >= 0.3 is 0 Å². The molecule has 0 fully saturated rings. The van der Waals surface area contributed by atoms with Crippen molar-refractivity contribution < 1.29 is 4.79 Å². The van der Waals surface area contributed by atoms with Gasteiger partial charge in [-0.2, -0.15) is 5.26 Å². The summed E-state index contributed by atoms with van der Waals surface area (Å²) in [6.45, 7) is 3.48. The molecule has 0 aliphatic carbocycles. The van der Waals surface area contributed by atoms with Gasteiger partial charge in [-0.3, -0.25) is 4.79 Å². The van der Waals surface area contributed by atoms with Crippen molar-refractivity contribution in [3.8, 4) is 6.07 Å². The molecule has 15 heavy (non-hydrogen) atoms. The summed E-state index contributed by atoms with van der Waals surface area (Å²) >= 11 is 0. The first kappa shape index (κ1) is 11.3. The van der Waals surface area contributed by atoms with Gasteiger partial charge in [-0.05, 0) is 19.1 Å². The fourth-order valence-electron chi connectivity index (χ4n) is 1.51. The van der Waals surface area contributed by atoms with Crippen molar-refractivity contribution in [2.45, 2.75) is 13.3 Å². The van der Waals surface area contributed by atoms with Gasteiger partial charge in [0, 0.05) is 24.3 Å². The van der Waals surface area contributed by atoms with E-state index in [4.69, 9.17) is 5.26 Å². The van der Waals surface area contributed by atoms with Crippen LogP contribution in [0.2, 0.25) is 0 Å². The summed E-state index contributed by atoms with van der Waals surface area (Å²) in [7, 11) is 0. The molecule has 0 saturated carbocycles. The van der Waals surface area contributed by atoms with Crippen molar-refractivity contribution in [3.63, 3.8) is 0 Å². The van der Waals surface area contributed by atoms with E-state index in [9.17, 15) is 4.79 Å². The summed E-state index contributed by atoms with van der Waals surface area (Å²) < 4.78 is 0. The number of nitriles is 1. The van der Waals surface area contributed by atoms with Crippen LogP contribution in [0.3, 0.4) is 0 Å². The predicted octanol–water partition coefficient (Wildman–Crippen LogP) is 2.24. The largest absolute Gasteiger partial charge is 0.370 e. The Morgan fingerprint density at radius 3 is 2.80 bits per heavy atom. The third-order valence-corrected chi connectivity index (χ3v) is 2.28. The minimum absolute atomic E-state index is 0.473. The highest BCUT2D eigenvalue weighted by Crippen LogP contribution is 2.18. The summed E-state index contributed by atoms with van der Waals surface area (Å²) in [5, 5.41) is 8.54. The fourth-order valence-corrected chi connectivity index (χ4v) is 1.51. The molecule has 3 heteroatoms. The lowest BCUT2D eigenvalue weighted by molar-refractivity contribution is 0.112. The molecule has 0 aromatic heterocycles. The van der Waals surface area contributed by atoms with Gasteiger partial charge in [0.15, 0.2) is 6.29 Å². The van der Waals surface area contributed by atoms with Gasteiger partial charge in [0.1, 0.15) is 0 Å². The van der Waals surface area contributed by atoms with Crippen LogP contribution >= 0.6 is 0 Å². The second kappa shape index (κ2) is 5.82. The van der Waals surface area contributed by atoms with E-state index in [0.717, 1.165) is 18.5 Å². The number of carbonyl (C=O) groups excluding carboxylic acids is 1. The van der Waals surface area contributed by atoms with Gasteiger partial charge < -0.3 is 4.90 Å². The van der Waals surface area contributed by atoms with Crippen LogP contribution < -0.4 is 4.90 Å². The lowest BCUT2D eigenvalue weighted by Crippen LogP contribution is -2.24. The second-order valence-corrected chi connectivity index (χ2v) is 3.16. The molecule has 0 N–H and O–H groups in total. The van der Waals surface area contributed by atoms with Crippen molar-refractivity contribution in [2.75, 3.05) is 18.0 Å². The van der Waals surface area contributed by atoms with E-state index in [1.807, 2.05) is 30.0 Å². The van der Waals surface area contributed by atoms with E-state index in [1.54, 1.807) is 6.07 Å². The first-order valence-electron chi connectivity index (χ1n) is 4.99. The zero-order valence-electron chi connectivity index (χ0n) is 8.81. The van der Waals surface area contributed by atoms with Crippen LogP contribution in [0.1, 0.15) is 23.7 Å². The molecule has 0 aliphatic rings. The molecular weight excluding hydrogens is 188 g/mol. The molecule has 78 valence electrons. The molecule has 1 rings (SSSR count). The smallest absolute Gasteiger partial charge is 0.152 e. The Kier molecular flexibility index (Phi) is 4.36. The maximum absolute atomic E-state index is 10.8. The summed E-state index contributed by atoms with van der Waals surface area (Å²) in [6.07, 6.45) is 1.32. The van der Waals surface area contributed by atoms with Crippen LogP contribution in [0.15, 0.2) is 24.3 Å². The van der Waals surface area contributed by atoms with Crippen molar-refractivity contribution >= 4 is 12.0 Å². The van der Waals surface area contributed by atoms with Crippen LogP contribution in [0.4, 0.5) is 5.69 Å². The molecule has 0 radical (unpaired) electrons. The van der Waals surface area contributed by atoms with Gasteiger partial charge in [0.25, 0.3) is 0 Å². The standard InChI is InChI=1S/C12H14N2O/c1-2-14(9-5-8-13)12-7-4-3-6-11(12)10-15/h3-4,6-7,10H,2,5,9H2,1H3. The topological polar surface area (TPSA) is 44.1 Å². The molecule has 3 nitrogen and oxygen atoms in total. The number of para-hydroxylation sites is 1. The minimum atomic E-state index is 0.473. The van der Waals surface area contributed by atoms with E-state index >= 15 is 0 Å². The highest BCUT2D eigenvalue weighted by atomic mass is 16.1. The first-order valence-corrected chi connectivity index (χ1v) is 4.99. The Hall–Kier alpha value is -1.82. The molecule has 1 aromatic rings. The SMILES string of the molecule is CCN(CCC#N)c1ccccc1C=O. The molecule has 1 aromatic carbocycles. The molecule has 0 saturated heterocycles. The molecule has 0 atom stereocenters. The zero-order chi connectivity index (χ0) is 11.1. The van der Waals surface area contributed by atoms with E-state index in [2.05, 4.69) is 6.07 Å². The number of hydrogen-bond donors (Lipinski definition) is 0. The van der Waals surface area contributed by atoms with Crippen LogP contribution in [0.5, 0.6) is 0 Å². The quantitative estimate of drug-likeness (QED) is 0.688. The van der Waals surface area contributed by atoms with Crippen LogP contribution in [-0.2, 0) is 0 Å². The number of nitrogens with zero attached hydrogens (tertiary/aromatic N) is 2. The van der Waals surface area contributed by atoms with Gasteiger partial charge in [-0.1, -0.05) is 12.1 Å². The number of anilines is 1. The normalized spacial score (nSPS) is 9.33. The fraction of sp³-hybridized carbons (Fsp3) is 0.333. The molecule has 0 amide bonds. The second-order valence-electron chi connectivity index (χ2n) is 3.16. The zero-order valence-corrected chi connectivity index (χ0v) is 8.81. The lowest BCUT2D eigenvalue weighted by Gasteiger charge is -2.23. The van der Waals surface area contributed by atoms with Gasteiger partial charge in [0.05, 0.1) is 12.5 Å². The van der Waals surface area contributed by atoms with Crippen LogP contribution in [0.25, 0.3) is 0 Å². The summed E-state index contributed by atoms with van der Waals surface area (Å²) in [5.74, 6) is 0. The molecule has 0 spiro atoms. The number of hydrogen-bond acceptors (Lipinski definition) is 3. The van der Waals surface area contributed by atoms with Crippen LogP contribution in [-0.4, -0.2) is 19.4 Å². The average molecular weight is 202 g/mol. The summed E-state index contributed by atoms with van der Waals surface area (Å²) in [4.78, 5) is 12.9. The third-order valence-electron chi connectivity index (χ3n) is 2.28. The molecule has 0 aliphatic heterocycles. The predicted molar refractivity (Wildman–Crippen MR) is 59.9 cm³/mol. The van der Waals surface area contributed by atoms with Gasteiger partial charge in [-0.15, -0.1) is 0 Å². The van der Waals surface area contributed by atoms with E-state index in [-0.39, 0.29) is 0 Å². The number of carbonyl (C=O) groups is 1. The number of rotatable bonds is 5. The lowest BCUT2D eigenvalue weighted by atomic mass is 10.1. The maximum Gasteiger partial charge on any atom is 0.152 e. The van der Waals surface area contributed by atoms with Gasteiger partial charge in [0.2, 0.25) is 0 Å². The van der Waals surface area contributed by atoms with Gasteiger partial charge in [-0.25, -0.2) is 0 Å². The molecular formula is C12H14N2O. The summed E-state index contributed by atoms with van der Waals surface area (Å²) in [5.41, 5.74) is 1.59. The molecule has 0 heterocycles. The molecule has 0 bridgehead atoms. The van der Waals surface area contributed by atoms with Crippen molar-refractivity contribution in [1.82, 2.24) is 0 Å². The Bertz CT molecular complexity index is 368. The highest BCUT2D eigenvalue weighted by Gasteiger charge is 2.07. The van der Waals surface area contributed by atoms with Crippen molar-refractivity contribution in [3.05, 3.63) is 29.8 Å². The highest BCUT2D eigenvalue weighted by molar-refractivity contribution is 5.84. The Balaban J connectivity index is 2.91. The molecule has 0 unspecified atom stereocenters. The Morgan fingerprint density at radius 2 is 2.20 bits per heavy atom. The van der Waals surface area contributed by atoms with E-state index in [0.29, 0.717) is 18.5 Å². The van der Waals surface area contributed by atoms with Crippen molar-refractivity contribution in [1.29, 1.82) is 5.26 Å². The Morgan fingerprint density at radius 1 is 1.47 bits per heavy atom. The minimum Gasteiger partial charge on any atom is -0.370 e. The monoisotopic (exact) mass is 202 g/mol. The summed E-state index contributed by atoms with van der Waals surface area (Å²) in [6, 6.07) is 9.54. The van der Waals surface area contributed by atoms with Crippen molar-refractivity contribution in [2.24, 2.45) is 0 Å². The first-order chi connectivity index (χ1) is 7.33. The Labute approximate surface area is 89.9 Å². The average Bonchev–Trinajstić information content (AvgIpc) is 2.30. The van der Waals surface area contributed by atoms with E-state index < -0.39 is 0 Å². The van der Waals surface area contributed by atoms with E-state index in [1.165, 1.54) is 0 Å². The van der Waals surface area contributed by atoms with Crippen LogP contribution in [0, 0.1) is 11.3 Å².